The van der Waals surface area contributed by atoms with Crippen LogP contribution < -0.4 is 4.74 Å². The molecule has 2 aliphatic rings. The van der Waals surface area contributed by atoms with E-state index in [2.05, 4.69) is 14.9 Å². The monoisotopic (exact) mass is 685 g/mol. The van der Waals surface area contributed by atoms with E-state index in [1.54, 1.807) is 12.3 Å². The molecule has 2 aromatic heterocycles. The molecule has 0 amide bonds. The van der Waals surface area contributed by atoms with Gasteiger partial charge in [-0.15, -0.1) is 0 Å². The highest BCUT2D eigenvalue weighted by atomic mass is 19.4. The Kier molecular flexibility index (Phi) is 14.6. The van der Waals surface area contributed by atoms with Gasteiger partial charge >= 0.3 is 36.4 Å². The molecule has 0 radical (unpaired) electrons. The summed E-state index contributed by atoms with van der Waals surface area (Å²) in [6.45, 7) is 3.20. The number of hydrogen-bond donors (Lipinski definition) is 3. The number of likely N-dealkylation sites (tertiary alicyclic amines) is 1. The molecule has 2 aliphatic heterocycles. The lowest BCUT2D eigenvalue weighted by Gasteiger charge is -2.39. The van der Waals surface area contributed by atoms with Crippen molar-refractivity contribution in [1.82, 2.24) is 14.9 Å². The van der Waals surface area contributed by atoms with E-state index in [4.69, 9.17) is 39.2 Å². The van der Waals surface area contributed by atoms with Gasteiger partial charge < -0.3 is 24.8 Å². The Bertz CT molecular complexity index is 1220. The number of halogens is 10. The third-order valence-electron chi connectivity index (χ3n) is 5.64. The molecule has 0 aromatic carbocycles. The lowest BCUT2D eigenvalue weighted by Crippen LogP contribution is -2.47. The first-order valence-electron chi connectivity index (χ1n) is 12.5. The summed E-state index contributed by atoms with van der Waals surface area (Å²) in [6.07, 6.45) is -9.18. The van der Waals surface area contributed by atoms with Crippen molar-refractivity contribution in [2.45, 2.75) is 56.0 Å². The van der Waals surface area contributed by atoms with Gasteiger partial charge in [0.05, 0.1) is 17.9 Å². The van der Waals surface area contributed by atoms with E-state index in [0.717, 1.165) is 44.6 Å². The van der Waals surface area contributed by atoms with E-state index in [0.29, 0.717) is 6.61 Å². The lowest BCUT2D eigenvalue weighted by molar-refractivity contribution is -0.193. The van der Waals surface area contributed by atoms with Crippen LogP contribution in [0.3, 0.4) is 0 Å². The van der Waals surface area contributed by atoms with Crippen molar-refractivity contribution in [1.29, 1.82) is 0 Å². The maximum Gasteiger partial charge on any atom is 0.490 e. The molecular formula is C25H25F10N3O8. The van der Waals surface area contributed by atoms with E-state index < -0.39 is 42.3 Å². The number of rotatable bonds is 4. The molecule has 4 rings (SSSR count). The topological polar surface area (TPSA) is 159 Å². The number of alkyl halides is 9. The van der Waals surface area contributed by atoms with Gasteiger partial charge in [-0.05, 0) is 43.7 Å². The second-order valence-electron chi connectivity index (χ2n) is 9.27. The molecular weight excluding hydrogens is 660 g/mol. The molecule has 0 saturated carbocycles. The van der Waals surface area contributed by atoms with Crippen molar-refractivity contribution in [2.24, 2.45) is 0 Å². The number of aliphatic carboxylic acids is 3. The van der Waals surface area contributed by atoms with Crippen molar-refractivity contribution in [3.63, 3.8) is 0 Å². The van der Waals surface area contributed by atoms with Gasteiger partial charge in [-0.1, -0.05) is 6.07 Å². The molecule has 2 aromatic rings. The highest BCUT2D eigenvalue weighted by Crippen LogP contribution is 2.36. The lowest BCUT2D eigenvalue weighted by atomic mass is 9.89. The zero-order valence-corrected chi connectivity index (χ0v) is 23.1. The first-order chi connectivity index (χ1) is 21.1. The number of ether oxygens (including phenoxy) is 2. The number of carbonyl (C=O) groups is 3. The largest absolute Gasteiger partial charge is 0.490 e. The fourth-order valence-electron chi connectivity index (χ4n) is 3.82. The van der Waals surface area contributed by atoms with Gasteiger partial charge in [0.2, 0.25) is 0 Å². The normalized spacial score (nSPS) is 19.7. The number of hydrogen-bond acceptors (Lipinski definition) is 8. The number of nitrogens with zero attached hydrogens (tertiary/aromatic N) is 3. The first kappa shape index (κ1) is 39.8. The first-order valence-corrected chi connectivity index (χ1v) is 12.5. The van der Waals surface area contributed by atoms with Crippen LogP contribution in [0.2, 0.25) is 0 Å². The molecule has 2 saturated heterocycles. The summed E-state index contributed by atoms with van der Waals surface area (Å²) < 4.78 is 121. The van der Waals surface area contributed by atoms with Gasteiger partial charge in [0.25, 0.3) is 5.88 Å². The quantitative estimate of drug-likeness (QED) is 0.383. The number of piperidine rings is 1. The molecule has 4 heterocycles. The molecule has 0 bridgehead atoms. The van der Waals surface area contributed by atoms with Gasteiger partial charge in [-0.3, -0.25) is 9.88 Å². The molecule has 2 atom stereocenters. The number of aromatic nitrogens is 2. The molecule has 46 heavy (non-hydrogen) atoms. The highest BCUT2D eigenvalue weighted by Gasteiger charge is 2.45. The van der Waals surface area contributed by atoms with Crippen molar-refractivity contribution >= 4 is 17.9 Å². The van der Waals surface area contributed by atoms with E-state index in [-0.39, 0.29) is 17.6 Å². The summed E-state index contributed by atoms with van der Waals surface area (Å²) in [5.74, 6) is -8.63. The van der Waals surface area contributed by atoms with E-state index in [1.165, 1.54) is 6.07 Å². The Morgan fingerprint density at radius 1 is 0.870 bits per heavy atom. The number of pyridine rings is 2. The Morgan fingerprint density at radius 3 is 1.85 bits per heavy atom. The van der Waals surface area contributed by atoms with Gasteiger partial charge in [-0.2, -0.15) is 39.5 Å². The minimum atomic E-state index is -5.08. The van der Waals surface area contributed by atoms with Gasteiger partial charge in [-0.25, -0.2) is 23.8 Å². The number of carboxylic acid groups (broad SMARTS) is 3. The van der Waals surface area contributed by atoms with Crippen molar-refractivity contribution in [3.8, 4) is 5.88 Å². The van der Waals surface area contributed by atoms with Crippen LogP contribution in [-0.4, -0.2) is 98.0 Å². The Labute approximate surface area is 252 Å². The van der Waals surface area contributed by atoms with E-state index in [9.17, 15) is 43.9 Å². The van der Waals surface area contributed by atoms with Crippen LogP contribution in [0, 0.1) is 5.82 Å². The average molecular weight is 685 g/mol. The third kappa shape index (κ3) is 14.7. The molecule has 258 valence electrons. The van der Waals surface area contributed by atoms with Crippen LogP contribution in [0.1, 0.15) is 25.0 Å². The van der Waals surface area contributed by atoms with Crippen molar-refractivity contribution < 1.29 is 83.1 Å². The smallest absolute Gasteiger partial charge is 0.475 e. The molecule has 3 N–H and O–H groups in total. The Hall–Kier alpha value is -4.27. The Morgan fingerprint density at radius 2 is 1.39 bits per heavy atom. The second-order valence-corrected chi connectivity index (χ2v) is 9.27. The van der Waals surface area contributed by atoms with Crippen molar-refractivity contribution in [3.05, 3.63) is 54.2 Å². The average Bonchev–Trinajstić information content (AvgIpc) is 3.31. The minimum absolute atomic E-state index is 0.0642. The second kappa shape index (κ2) is 16.9. The molecule has 11 nitrogen and oxygen atoms in total. The van der Waals surface area contributed by atoms with E-state index >= 15 is 0 Å². The fraction of sp³-hybridized carbons (Fsp3) is 0.480. The number of carboxylic acids is 3. The van der Waals surface area contributed by atoms with E-state index in [1.807, 2.05) is 24.4 Å². The summed E-state index contributed by atoms with van der Waals surface area (Å²) in [7, 11) is 0. The summed E-state index contributed by atoms with van der Waals surface area (Å²) in [4.78, 5) is 37.5. The molecule has 0 aliphatic carbocycles. The van der Waals surface area contributed by atoms with Crippen LogP contribution in [-0.2, 0) is 25.7 Å². The summed E-state index contributed by atoms with van der Waals surface area (Å²) >= 11 is 0. The summed E-state index contributed by atoms with van der Waals surface area (Å²) in [5.41, 5.74) is 0.865. The summed E-state index contributed by atoms with van der Waals surface area (Å²) in [5, 5.41) is 21.4. The van der Waals surface area contributed by atoms with Crippen LogP contribution in [0.4, 0.5) is 43.9 Å². The van der Waals surface area contributed by atoms with Crippen LogP contribution in [0.15, 0.2) is 42.7 Å². The zero-order chi connectivity index (χ0) is 35.3. The minimum Gasteiger partial charge on any atom is -0.475 e. The highest BCUT2D eigenvalue weighted by molar-refractivity contribution is 5.73. The van der Waals surface area contributed by atoms with Gasteiger partial charge in [0, 0.05) is 31.9 Å². The predicted molar refractivity (Wildman–Crippen MR) is 132 cm³/mol. The third-order valence-corrected chi connectivity index (χ3v) is 5.64. The standard InChI is InChI=1S/C19H22FN3O2.3C2HF3O2/c20-17-6-3-9-22-18(17)25-16-11-19(24-13-16)7-4-10-23(14-19)12-15-5-1-2-8-21-15;3*3-2(4,5)1(6)7/h1-3,5-6,8-9,16H,4,7,10-14H2;3*(H,6,7)/t16-,19-;;;/m0.../s1. The summed E-state index contributed by atoms with van der Waals surface area (Å²) in [6, 6.07) is 8.92. The van der Waals surface area contributed by atoms with Crippen LogP contribution in [0.25, 0.3) is 0 Å². The zero-order valence-electron chi connectivity index (χ0n) is 23.1. The van der Waals surface area contributed by atoms with Gasteiger partial charge in [0.1, 0.15) is 6.10 Å². The maximum atomic E-state index is 13.7. The van der Waals surface area contributed by atoms with Crippen LogP contribution >= 0.6 is 0 Å². The van der Waals surface area contributed by atoms with Gasteiger partial charge in [0.15, 0.2) is 5.82 Å². The molecule has 2 fully saturated rings. The Balaban J connectivity index is 0.000000413. The fourth-order valence-corrected chi connectivity index (χ4v) is 3.82. The predicted octanol–water partition coefficient (Wildman–Crippen LogP) is 4.72. The maximum absolute atomic E-state index is 13.7. The molecule has 0 unspecified atom stereocenters. The van der Waals surface area contributed by atoms with Crippen LogP contribution in [0.5, 0.6) is 5.88 Å². The SMILES string of the molecule is Fc1cccnc1O[C@@H]1CO[C@@]2(CCCN(Cc3ccccn3)C2)C1.O=C(O)C(F)(F)F.O=C(O)C(F)(F)F.O=C(O)C(F)(F)F. The molecule has 1 spiro atoms. The van der Waals surface area contributed by atoms with Crippen molar-refractivity contribution in [2.75, 3.05) is 19.7 Å². The molecule has 21 heteroatoms.